The molecule has 18 heavy (non-hydrogen) atoms. The standard InChI is InChI=1S/C15H23ClN2/c1-11(2)18-9-5-6-12(10-17)15(18)13-7-3-4-8-14(13)16/h3-4,7-8,11-12,15H,5-6,9-10,17H2,1-2H3. The first-order chi connectivity index (χ1) is 8.65. The summed E-state index contributed by atoms with van der Waals surface area (Å²) in [7, 11) is 0. The number of nitrogens with zero attached hydrogens (tertiary/aromatic N) is 1. The second-order valence-electron chi connectivity index (χ2n) is 5.44. The van der Waals surface area contributed by atoms with Crippen molar-refractivity contribution < 1.29 is 0 Å². The fourth-order valence-electron chi connectivity index (χ4n) is 3.08. The van der Waals surface area contributed by atoms with E-state index in [0.717, 1.165) is 18.1 Å². The first-order valence-electron chi connectivity index (χ1n) is 6.85. The second kappa shape index (κ2) is 6.05. The molecule has 0 aromatic heterocycles. The highest BCUT2D eigenvalue weighted by atomic mass is 35.5. The number of benzene rings is 1. The molecule has 1 aliphatic rings. The van der Waals surface area contributed by atoms with Gasteiger partial charge in [0.1, 0.15) is 0 Å². The van der Waals surface area contributed by atoms with Crippen molar-refractivity contribution in [3.8, 4) is 0 Å². The monoisotopic (exact) mass is 266 g/mol. The molecule has 1 aromatic carbocycles. The van der Waals surface area contributed by atoms with Gasteiger partial charge >= 0.3 is 0 Å². The molecule has 1 saturated heterocycles. The van der Waals surface area contributed by atoms with Crippen LogP contribution in [-0.4, -0.2) is 24.0 Å². The van der Waals surface area contributed by atoms with Crippen molar-refractivity contribution in [1.82, 2.24) is 4.90 Å². The fraction of sp³-hybridized carbons (Fsp3) is 0.600. The maximum absolute atomic E-state index is 6.38. The summed E-state index contributed by atoms with van der Waals surface area (Å²) in [5, 5.41) is 0.869. The molecule has 2 unspecified atom stereocenters. The molecule has 2 atom stereocenters. The van der Waals surface area contributed by atoms with Gasteiger partial charge < -0.3 is 5.73 Å². The summed E-state index contributed by atoms with van der Waals surface area (Å²) in [4.78, 5) is 2.54. The van der Waals surface area contributed by atoms with Gasteiger partial charge in [-0.05, 0) is 57.3 Å². The first kappa shape index (κ1) is 13.9. The zero-order valence-electron chi connectivity index (χ0n) is 11.3. The van der Waals surface area contributed by atoms with E-state index in [2.05, 4.69) is 30.9 Å². The van der Waals surface area contributed by atoms with Gasteiger partial charge in [0.15, 0.2) is 0 Å². The topological polar surface area (TPSA) is 29.3 Å². The molecule has 0 bridgehead atoms. The predicted molar refractivity (Wildman–Crippen MR) is 77.8 cm³/mol. The zero-order valence-corrected chi connectivity index (χ0v) is 12.0. The van der Waals surface area contributed by atoms with Crippen LogP contribution in [0.3, 0.4) is 0 Å². The third-order valence-corrected chi connectivity index (χ3v) is 4.33. The average molecular weight is 267 g/mol. The van der Waals surface area contributed by atoms with E-state index in [1.165, 1.54) is 18.4 Å². The quantitative estimate of drug-likeness (QED) is 0.908. The summed E-state index contributed by atoms with van der Waals surface area (Å²) in [5.74, 6) is 0.515. The molecule has 2 N–H and O–H groups in total. The van der Waals surface area contributed by atoms with Crippen LogP contribution in [0, 0.1) is 5.92 Å². The molecule has 0 spiro atoms. The van der Waals surface area contributed by atoms with E-state index in [0.29, 0.717) is 18.0 Å². The second-order valence-corrected chi connectivity index (χ2v) is 5.84. The van der Waals surface area contributed by atoms with Crippen LogP contribution in [-0.2, 0) is 0 Å². The van der Waals surface area contributed by atoms with Crippen LogP contribution >= 0.6 is 11.6 Å². The smallest absolute Gasteiger partial charge is 0.0453 e. The predicted octanol–water partition coefficient (Wildman–Crippen LogP) is 3.46. The maximum Gasteiger partial charge on any atom is 0.0453 e. The van der Waals surface area contributed by atoms with E-state index in [1.54, 1.807) is 0 Å². The number of nitrogens with two attached hydrogens (primary N) is 1. The van der Waals surface area contributed by atoms with Crippen LogP contribution in [0.1, 0.15) is 38.3 Å². The largest absolute Gasteiger partial charge is 0.330 e. The van der Waals surface area contributed by atoms with Crippen molar-refractivity contribution in [2.75, 3.05) is 13.1 Å². The lowest BCUT2D eigenvalue weighted by atomic mass is 9.84. The Morgan fingerprint density at radius 1 is 1.39 bits per heavy atom. The van der Waals surface area contributed by atoms with E-state index >= 15 is 0 Å². The van der Waals surface area contributed by atoms with Gasteiger partial charge in [0.25, 0.3) is 0 Å². The van der Waals surface area contributed by atoms with Crippen LogP contribution in [0.15, 0.2) is 24.3 Å². The van der Waals surface area contributed by atoms with E-state index in [-0.39, 0.29) is 0 Å². The SMILES string of the molecule is CC(C)N1CCCC(CN)C1c1ccccc1Cl. The Labute approximate surface area is 115 Å². The summed E-state index contributed by atoms with van der Waals surface area (Å²) in [5.41, 5.74) is 7.21. The Bertz CT molecular complexity index is 392. The number of likely N-dealkylation sites (tertiary alicyclic amines) is 1. The van der Waals surface area contributed by atoms with Crippen LogP contribution < -0.4 is 5.73 Å². The molecule has 0 aliphatic carbocycles. The Morgan fingerprint density at radius 3 is 2.72 bits per heavy atom. The van der Waals surface area contributed by atoms with E-state index in [9.17, 15) is 0 Å². The van der Waals surface area contributed by atoms with Gasteiger partial charge in [-0.1, -0.05) is 29.8 Å². The van der Waals surface area contributed by atoms with Gasteiger partial charge in [-0.15, -0.1) is 0 Å². The maximum atomic E-state index is 6.38. The third-order valence-electron chi connectivity index (χ3n) is 3.98. The van der Waals surface area contributed by atoms with Crippen molar-refractivity contribution in [2.24, 2.45) is 11.7 Å². The van der Waals surface area contributed by atoms with Crippen molar-refractivity contribution >= 4 is 11.6 Å². The highest BCUT2D eigenvalue weighted by Gasteiger charge is 2.34. The summed E-state index contributed by atoms with van der Waals surface area (Å²) >= 11 is 6.38. The molecule has 0 radical (unpaired) electrons. The molecule has 1 fully saturated rings. The number of rotatable bonds is 3. The molecule has 2 nitrogen and oxygen atoms in total. The molecule has 2 rings (SSSR count). The molecule has 1 aliphatic heterocycles. The number of piperidine rings is 1. The molecule has 0 amide bonds. The number of halogens is 1. The summed E-state index contributed by atoms with van der Waals surface area (Å²) in [6.07, 6.45) is 2.44. The highest BCUT2D eigenvalue weighted by molar-refractivity contribution is 6.31. The van der Waals surface area contributed by atoms with E-state index in [1.807, 2.05) is 12.1 Å². The first-order valence-corrected chi connectivity index (χ1v) is 7.23. The average Bonchev–Trinajstić information content (AvgIpc) is 2.38. The lowest BCUT2D eigenvalue weighted by Gasteiger charge is -2.44. The van der Waals surface area contributed by atoms with Gasteiger partial charge in [-0.2, -0.15) is 0 Å². The van der Waals surface area contributed by atoms with Crippen molar-refractivity contribution in [1.29, 1.82) is 0 Å². The third kappa shape index (κ3) is 2.71. The van der Waals surface area contributed by atoms with Crippen LogP contribution in [0.2, 0.25) is 5.02 Å². The van der Waals surface area contributed by atoms with Gasteiger partial charge in [-0.25, -0.2) is 0 Å². The normalized spacial score (nSPS) is 25.6. The molecule has 0 saturated carbocycles. The number of hydrogen-bond donors (Lipinski definition) is 1. The van der Waals surface area contributed by atoms with E-state index in [4.69, 9.17) is 17.3 Å². The Kier molecular flexibility index (Phi) is 4.66. The summed E-state index contributed by atoms with van der Waals surface area (Å²) in [6, 6.07) is 9.10. The zero-order chi connectivity index (χ0) is 13.1. The van der Waals surface area contributed by atoms with Crippen molar-refractivity contribution in [3.63, 3.8) is 0 Å². The Balaban J connectivity index is 2.37. The molecular weight excluding hydrogens is 244 g/mol. The van der Waals surface area contributed by atoms with E-state index < -0.39 is 0 Å². The Hall–Kier alpha value is -0.570. The summed E-state index contributed by atoms with van der Waals surface area (Å²) in [6.45, 7) is 6.38. The van der Waals surface area contributed by atoms with Crippen molar-refractivity contribution in [3.05, 3.63) is 34.9 Å². The minimum absolute atomic E-state index is 0.373. The molecule has 1 heterocycles. The highest BCUT2D eigenvalue weighted by Crippen LogP contribution is 2.39. The van der Waals surface area contributed by atoms with Gasteiger partial charge in [-0.3, -0.25) is 4.90 Å². The molecule has 1 aromatic rings. The van der Waals surface area contributed by atoms with Crippen LogP contribution in [0.5, 0.6) is 0 Å². The number of hydrogen-bond acceptors (Lipinski definition) is 2. The summed E-state index contributed by atoms with van der Waals surface area (Å²) < 4.78 is 0. The Morgan fingerprint density at radius 2 is 2.11 bits per heavy atom. The lowest BCUT2D eigenvalue weighted by Crippen LogP contribution is -2.45. The minimum atomic E-state index is 0.373. The van der Waals surface area contributed by atoms with Gasteiger partial charge in [0, 0.05) is 17.1 Å². The molecular formula is C15H23ClN2. The van der Waals surface area contributed by atoms with Gasteiger partial charge in [0.2, 0.25) is 0 Å². The lowest BCUT2D eigenvalue weighted by molar-refractivity contribution is 0.0666. The van der Waals surface area contributed by atoms with Crippen molar-refractivity contribution in [2.45, 2.75) is 38.8 Å². The molecule has 3 heteroatoms. The minimum Gasteiger partial charge on any atom is -0.330 e. The molecule has 100 valence electrons. The fourth-order valence-corrected chi connectivity index (χ4v) is 3.33. The van der Waals surface area contributed by atoms with Crippen LogP contribution in [0.4, 0.5) is 0 Å². The van der Waals surface area contributed by atoms with Crippen LogP contribution in [0.25, 0.3) is 0 Å². The van der Waals surface area contributed by atoms with Gasteiger partial charge in [0.05, 0.1) is 0 Å².